The second kappa shape index (κ2) is 21.3. The van der Waals surface area contributed by atoms with Crippen molar-refractivity contribution in [2.24, 2.45) is 5.73 Å². The largest absolute Gasteiger partial charge is 0.480 e. The van der Waals surface area contributed by atoms with Gasteiger partial charge in [-0.1, -0.05) is 0 Å². The van der Waals surface area contributed by atoms with E-state index in [-0.39, 0.29) is 12.2 Å². The lowest BCUT2D eigenvalue weighted by Gasteiger charge is -2.26. The third-order valence-electron chi connectivity index (χ3n) is 7.14. The predicted molar refractivity (Wildman–Crippen MR) is 169 cm³/mol. The highest BCUT2D eigenvalue weighted by Gasteiger charge is 2.34. The number of amides is 6. The molecule has 0 aliphatic carbocycles. The number of hydrogen-bond donors (Lipinski definition) is 13. The maximum atomic E-state index is 12.9. The van der Waals surface area contributed by atoms with Crippen LogP contribution in [0.15, 0.2) is 0 Å². The minimum atomic E-state index is -1.64. The molecule has 6 amide bonds. The summed E-state index contributed by atoms with van der Waals surface area (Å²) in [6, 6.07) is -7.74. The molecule has 0 unspecified atom stereocenters. The Hall–Kier alpha value is -3.56. The van der Waals surface area contributed by atoms with Crippen molar-refractivity contribution in [3.63, 3.8) is 0 Å². The molecule has 20 heteroatoms. The number of nitrogens with two attached hydrogens (primary N) is 1. The lowest BCUT2D eigenvalue weighted by Crippen LogP contribution is -2.61. The molecule has 268 valence electrons. The van der Waals surface area contributed by atoms with Gasteiger partial charge in [0, 0.05) is 5.75 Å². The van der Waals surface area contributed by atoms with E-state index in [4.69, 9.17) is 5.73 Å². The number of rotatable bonds is 21. The van der Waals surface area contributed by atoms with Gasteiger partial charge in [0.25, 0.3) is 0 Å². The van der Waals surface area contributed by atoms with Crippen LogP contribution in [-0.4, -0.2) is 142 Å². The summed E-state index contributed by atoms with van der Waals surface area (Å²) in [5.74, 6) is -6.84. The third kappa shape index (κ3) is 14.4. The molecule has 8 atom stereocenters. The summed E-state index contributed by atoms with van der Waals surface area (Å²) in [5.41, 5.74) is 5.48. The van der Waals surface area contributed by atoms with Gasteiger partial charge in [0.15, 0.2) is 6.04 Å². The van der Waals surface area contributed by atoms with Gasteiger partial charge in [-0.05, 0) is 59.0 Å². The van der Waals surface area contributed by atoms with Crippen LogP contribution in [0.2, 0.25) is 0 Å². The molecule has 0 saturated carbocycles. The van der Waals surface area contributed by atoms with Gasteiger partial charge in [-0.25, -0.2) is 4.79 Å². The molecule has 0 spiro atoms. The minimum absolute atomic E-state index is 0.0676. The van der Waals surface area contributed by atoms with Crippen molar-refractivity contribution in [1.29, 1.82) is 0 Å². The number of carboxylic acids is 1. The van der Waals surface area contributed by atoms with E-state index in [1.807, 2.05) is 0 Å². The third-order valence-corrected chi connectivity index (χ3v) is 7.50. The van der Waals surface area contributed by atoms with Crippen LogP contribution in [-0.2, 0) is 33.6 Å². The molecule has 1 saturated heterocycles. The van der Waals surface area contributed by atoms with Crippen molar-refractivity contribution in [2.45, 2.75) is 94.4 Å². The van der Waals surface area contributed by atoms with Crippen LogP contribution < -0.4 is 43.0 Å². The van der Waals surface area contributed by atoms with Crippen molar-refractivity contribution < 1.29 is 54.0 Å². The SMILES string of the molecule is C[C@@H](O)[C@H](NC(=O)[C@H](CCCCN)NC(=O)CNC(=O)[C@H](CO)NC(=O)[C@H](CS)NC(=O)[C@@H](NC(=O)[C@@H]1CCCN1)[C@@H](C)O)C(=O)O. The Bertz CT molecular complexity index is 1090. The van der Waals surface area contributed by atoms with Crippen LogP contribution in [0, 0.1) is 0 Å². The minimum Gasteiger partial charge on any atom is -0.480 e. The zero-order valence-electron chi connectivity index (χ0n) is 26.4. The second-order valence-electron chi connectivity index (χ2n) is 11.1. The molecular formula is C27H48N8O11S. The predicted octanol–water partition coefficient (Wildman–Crippen LogP) is -5.82. The first-order valence-corrected chi connectivity index (χ1v) is 15.8. The summed E-state index contributed by atoms with van der Waals surface area (Å²) >= 11 is 4.05. The van der Waals surface area contributed by atoms with Crippen LogP contribution in [0.4, 0.5) is 0 Å². The first-order valence-electron chi connectivity index (χ1n) is 15.2. The first kappa shape index (κ1) is 41.5. The Kier molecular flexibility index (Phi) is 18.8. The number of carboxylic acid groups (broad SMARTS) is 1. The van der Waals surface area contributed by atoms with Crippen LogP contribution in [0.25, 0.3) is 0 Å². The van der Waals surface area contributed by atoms with E-state index in [2.05, 4.69) is 49.8 Å². The quantitative estimate of drug-likeness (QED) is 0.0394. The Morgan fingerprint density at radius 1 is 0.830 bits per heavy atom. The standard InChI is InChI=1S/C27H48N8O11S/c1-13(37)20(34-23(41)15-7-5-9-29-15)26(44)33-18(12-47)25(43)32-17(11-36)22(40)30-10-19(39)31-16(6-3-4-8-28)24(42)35-21(14(2)38)27(45)46/h13-18,20-21,29,36-38,47H,3-12,28H2,1-2H3,(H,30,40)(H,31,39)(H,32,43)(H,33,44)(H,34,41)(H,35,42)(H,45,46)/t13-,14-,15+,16+,17+,18+,20+,21+/m1/s1. The molecule has 1 rings (SSSR count). The molecule has 1 heterocycles. The topological polar surface area (TPSA) is 311 Å². The fourth-order valence-corrected chi connectivity index (χ4v) is 4.69. The van der Waals surface area contributed by atoms with E-state index in [1.54, 1.807) is 0 Å². The molecule has 0 aromatic carbocycles. The Balaban J connectivity index is 2.78. The van der Waals surface area contributed by atoms with Gasteiger partial charge < -0.3 is 63.4 Å². The molecule has 0 radical (unpaired) electrons. The second-order valence-corrected chi connectivity index (χ2v) is 11.4. The molecule has 13 N–H and O–H groups in total. The molecule has 19 nitrogen and oxygen atoms in total. The number of aliphatic hydroxyl groups excluding tert-OH is 3. The molecule has 0 aromatic rings. The fraction of sp³-hybridized carbons (Fsp3) is 0.741. The molecular weight excluding hydrogens is 644 g/mol. The molecule has 0 aromatic heterocycles. The number of carbonyl (C=O) groups excluding carboxylic acids is 6. The molecule has 47 heavy (non-hydrogen) atoms. The van der Waals surface area contributed by atoms with E-state index < -0.39 is 103 Å². The van der Waals surface area contributed by atoms with Gasteiger partial charge >= 0.3 is 5.97 Å². The number of carbonyl (C=O) groups is 7. The van der Waals surface area contributed by atoms with E-state index >= 15 is 0 Å². The summed E-state index contributed by atoms with van der Waals surface area (Å²) < 4.78 is 0. The Labute approximate surface area is 277 Å². The normalized spacial score (nSPS) is 18.7. The van der Waals surface area contributed by atoms with Crippen LogP contribution in [0.5, 0.6) is 0 Å². The average molecular weight is 693 g/mol. The van der Waals surface area contributed by atoms with Crippen molar-refractivity contribution in [2.75, 3.05) is 32.0 Å². The molecule has 1 aliphatic heterocycles. The summed E-state index contributed by atoms with van der Waals surface area (Å²) in [6.07, 6.45) is -0.494. The molecule has 0 bridgehead atoms. The number of aliphatic carboxylic acids is 1. The zero-order chi connectivity index (χ0) is 35.7. The number of hydrogen-bond acceptors (Lipinski definition) is 13. The number of nitrogens with one attached hydrogen (secondary N) is 7. The smallest absolute Gasteiger partial charge is 0.328 e. The van der Waals surface area contributed by atoms with E-state index in [1.165, 1.54) is 13.8 Å². The first-order chi connectivity index (χ1) is 22.2. The summed E-state index contributed by atoms with van der Waals surface area (Å²) in [5, 5.41) is 55.4. The Morgan fingerprint density at radius 3 is 1.96 bits per heavy atom. The maximum Gasteiger partial charge on any atom is 0.328 e. The average Bonchev–Trinajstić information content (AvgIpc) is 3.56. The molecule has 1 fully saturated rings. The van der Waals surface area contributed by atoms with Gasteiger partial charge in [0.1, 0.15) is 24.2 Å². The lowest BCUT2D eigenvalue weighted by molar-refractivity contribution is -0.145. The summed E-state index contributed by atoms with van der Waals surface area (Å²) in [7, 11) is 0. The van der Waals surface area contributed by atoms with E-state index in [0.29, 0.717) is 32.4 Å². The highest BCUT2D eigenvalue weighted by atomic mass is 32.1. The number of thiol groups is 1. The van der Waals surface area contributed by atoms with Crippen LogP contribution in [0.3, 0.4) is 0 Å². The number of unbranched alkanes of at least 4 members (excludes halogenated alkanes) is 1. The fourth-order valence-electron chi connectivity index (χ4n) is 4.43. The van der Waals surface area contributed by atoms with Gasteiger partial charge in [-0.15, -0.1) is 0 Å². The van der Waals surface area contributed by atoms with E-state index in [9.17, 15) is 54.0 Å². The van der Waals surface area contributed by atoms with Gasteiger partial charge in [0.05, 0.1) is 31.4 Å². The van der Waals surface area contributed by atoms with Crippen molar-refractivity contribution in [3.8, 4) is 0 Å². The summed E-state index contributed by atoms with van der Waals surface area (Å²) in [4.78, 5) is 87.5. The lowest BCUT2D eigenvalue weighted by atomic mass is 10.1. The van der Waals surface area contributed by atoms with Gasteiger partial charge in [-0.3, -0.25) is 28.8 Å². The maximum absolute atomic E-state index is 12.9. The van der Waals surface area contributed by atoms with Gasteiger partial charge in [0.2, 0.25) is 35.4 Å². The van der Waals surface area contributed by atoms with Gasteiger partial charge in [-0.2, -0.15) is 12.6 Å². The number of aliphatic hydroxyl groups is 3. The Morgan fingerprint density at radius 2 is 1.45 bits per heavy atom. The van der Waals surface area contributed by atoms with Crippen molar-refractivity contribution in [3.05, 3.63) is 0 Å². The monoisotopic (exact) mass is 692 g/mol. The highest BCUT2D eigenvalue weighted by Crippen LogP contribution is 2.07. The van der Waals surface area contributed by atoms with Crippen LogP contribution in [0.1, 0.15) is 46.0 Å². The van der Waals surface area contributed by atoms with E-state index in [0.717, 1.165) is 6.42 Å². The van der Waals surface area contributed by atoms with Crippen molar-refractivity contribution >= 4 is 54.0 Å². The van der Waals surface area contributed by atoms with Crippen molar-refractivity contribution in [1.82, 2.24) is 37.2 Å². The zero-order valence-corrected chi connectivity index (χ0v) is 27.3. The summed E-state index contributed by atoms with van der Waals surface area (Å²) in [6.45, 7) is 1.76. The van der Waals surface area contributed by atoms with Crippen LogP contribution >= 0.6 is 12.6 Å². The molecule has 1 aliphatic rings. The highest BCUT2D eigenvalue weighted by molar-refractivity contribution is 7.80.